The molecule has 0 aliphatic carbocycles. The number of hydrogen-bond donors (Lipinski definition) is 1. The van der Waals surface area contributed by atoms with Gasteiger partial charge in [0.25, 0.3) is 0 Å². The fourth-order valence-electron chi connectivity index (χ4n) is 0.728. The van der Waals surface area contributed by atoms with Crippen LogP contribution in [0.15, 0.2) is 4.99 Å². The van der Waals surface area contributed by atoms with Crippen LogP contribution in [0.2, 0.25) is 0 Å². The van der Waals surface area contributed by atoms with Gasteiger partial charge in [-0.25, -0.2) is 0 Å². The van der Waals surface area contributed by atoms with E-state index < -0.39 is 0 Å². The summed E-state index contributed by atoms with van der Waals surface area (Å²) in [5, 5.41) is 8.44. The molecule has 0 aromatic heterocycles. The zero-order valence-electron chi connectivity index (χ0n) is 4.22. The molecule has 1 rings (SSSR count). The van der Waals surface area contributed by atoms with Crippen molar-refractivity contribution >= 4 is 5.71 Å². The SMILES string of the molecule is OCC1=NCCC1. The average Bonchev–Trinajstić information content (AvgIpc) is 2.14. The van der Waals surface area contributed by atoms with Crippen molar-refractivity contribution in [3.63, 3.8) is 0 Å². The monoisotopic (exact) mass is 99.1 g/mol. The Morgan fingerprint density at radius 2 is 2.57 bits per heavy atom. The van der Waals surface area contributed by atoms with Crippen LogP contribution >= 0.6 is 0 Å². The summed E-state index contributed by atoms with van der Waals surface area (Å²) in [5.74, 6) is 0. The van der Waals surface area contributed by atoms with E-state index in [2.05, 4.69) is 4.99 Å². The smallest absolute Gasteiger partial charge is 0.0809 e. The van der Waals surface area contributed by atoms with E-state index in [1.165, 1.54) is 0 Å². The van der Waals surface area contributed by atoms with Crippen molar-refractivity contribution in [3.8, 4) is 0 Å². The van der Waals surface area contributed by atoms with Gasteiger partial charge in [-0.05, 0) is 12.8 Å². The van der Waals surface area contributed by atoms with Crippen LogP contribution in [-0.4, -0.2) is 24.0 Å². The highest BCUT2D eigenvalue weighted by Gasteiger charge is 2.01. The Balaban J connectivity index is 2.36. The molecule has 0 saturated carbocycles. The molecule has 0 atom stereocenters. The van der Waals surface area contributed by atoms with Gasteiger partial charge in [0.2, 0.25) is 0 Å². The van der Waals surface area contributed by atoms with Gasteiger partial charge in [-0.2, -0.15) is 0 Å². The summed E-state index contributed by atoms with van der Waals surface area (Å²) in [7, 11) is 0. The fourth-order valence-corrected chi connectivity index (χ4v) is 0.728. The van der Waals surface area contributed by atoms with E-state index in [0.717, 1.165) is 25.1 Å². The number of rotatable bonds is 1. The molecule has 2 nitrogen and oxygen atoms in total. The van der Waals surface area contributed by atoms with E-state index in [-0.39, 0.29) is 6.61 Å². The Morgan fingerprint density at radius 3 is 2.86 bits per heavy atom. The maximum atomic E-state index is 8.44. The van der Waals surface area contributed by atoms with E-state index in [1.54, 1.807) is 0 Å². The molecule has 0 radical (unpaired) electrons. The van der Waals surface area contributed by atoms with Crippen LogP contribution in [0.3, 0.4) is 0 Å². The fraction of sp³-hybridized carbons (Fsp3) is 0.800. The Morgan fingerprint density at radius 1 is 1.71 bits per heavy atom. The maximum absolute atomic E-state index is 8.44. The van der Waals surface area contributed by atoms with Crippen LogP contribution < -0.4 is 0 Å². The van der Waals surface area contributed by atoms with Crippen molar-refractivity contribution < 1.29 is 5.11 Å². The first kappa shape index (κ1) is 4.78. The summed E-state index contributed by atoms with van der Waals surface area (Å²) in [6.45, 7) is 1.09. The molecule has 0 amide bonds. The Labute approximate surface area is 42.9 Å². The second-order valence-corrected chi connectivity index (χ2v) is 1.71. The number of hydrogen-bond acceptors (Lipinski definition) is 2. The summed E-state index contributed by atoms with van der Waals surface area (Å²) in [6.07, 6.45) is 2.15. The van der Waals surface area contributed by atoms with Crippen molar-refractivity contribution in [2.75, 3.05) is 13.2 Å². The number of aliphatic hydroxyl groups excluding tert-OH is 1. The first-order valence-corrected chi connectivity index (χ1v) is 2.56. The van der Waals surface area contributed by atoms with Crippen molar-refractivity contribution in [2.45, 2.75) is 12.8 Å². The van der Waals surface area contributed by atoms with Gasteiger partial charge in [0.05, 0.1) is 6.61 Å². The molecule has 2 heteroatoms. The minimum atomic E-state index is 0.167. The van der Waals surface area contributed by atoms with Gasteiger partial charge in [0.15, 0.2) is 0 Å². The predicted octanol–water partition coefficient (Wildman–Crippen LogP) is 0.214. The summed E-state index contributed by atoms with van der Waals surface area (Å²) in [5.41, 5.74) is 0.972. The molecule has 40 valence electrons. The standard InChI is InChI=1S/C5H9NO/c7-4-5-2-1-3-6-5/h7H,1-4H2. The normalized spacial score (nSPS) is 19.9. The van der Waals surface area contributed by atoms with Gasteiger partial charge in [-0.3, -0.25) is 4.99 Å². The zero-order chi connectivity index (χ0) is 5.11. The van der Waals surface area contributed by atoms with Crippen LogP contribution in [0, 0.1) is 0 Å². The lowest BCUT2D eigenvalue weighted by molar-refractivity contribution is 0.356. The summed E-state index contributed by atoms with van der Waals surface area (Å²) in [6, 6.07) is 0. The zero-order valence-corrected chi connectivity index (χ0v) is 4.22. The van der Waals surface area contributed by atoms with Crippen LogP contribution in [-0.2, 0) is 0 Å². The Kier molecular flexibility index (Phi) is 1.42. The Bertz CT molecular complexity index is 88.1. The first-order valence-electron chi connectivity index (χ1n) is 2.56. The van der Waals surface area contributed by atoms with Gasteiger partial charge in [0.1, 0.15) is 0 Å². The molecule has 1 aliphatic rings. The quantitative estimate of drug-likeness (QED) is 0.501. The van der Waals surface area contributed by atoms with Gasteiger partial charge in [-0.1, -0.05) is 0 Å². The van der Waals surface area contributed by atoms with Crippen molar-refractivity contribution in [1.82, 2.24) is 0 Å². The highest BCUT2D eigenvalue weighted by atomic mass is 16.3. The topological polar surface area (TPSA) is 32.6 Å². The summed E-state index contributed by atoms with van der Waals surface area (Å²) < 4.78 is 0. The minimum absolute atomic E-state index is 0.167. The largest absolute Gasteiger partial charge is 0.390 e. The lowest BCUT2D eigenvalue weighted by Crippen LogP contribution is -1.97. The molecular weight excluding hydrogens is 90.1 g/mol. The molecule has 0 aromatic carbocycles. The summed E-state index contributed by atoms with van der Waals surface area (Å²) >= 11 is 0. The van der Waals surface area contributed by atoms with Crippen molar-refractivity contribution in [2.24, 2.45) is 4.99 Å². The van der Waals surface area contributed by atoms with Crippen LogP contribution in [0.25, 0.3) is 0 Å². The van der Waals surface area contributed by atoms with Crippen LogP contribution in [0.1, 0.15) is 12.8 Å². The highest BCUT2D eigenvalue weighted by molar-refractivity contribution is 5.86. The average molecular weight is 99.1 g/mol. The third kappa shape index (κ3) is 0.996. The molecular formula is C5H9NO. The third-order valence-electron chi connectivity index (χ3n) is 1.14. The molecule has 1 heterocycles. The van der Waals surface area contributed by atoms with Crippen molar-refractivity contribution in [1.29, 1.82) is 0 Å². The number of aliphatic imine (C=N–C) groups is 1. The second-order valence-electron chi connectivity index (χ2n) is 1.71. The van der Waals surface area contributed by atoms with E-state index in [4.69, 9.17) is 5.11 Å². The predicted molar refractivity (Wildman–Crippen MR) is 28.6 cm³/mol. The van der Waals surface area contributed by atoms with Gasteiger partial charge >= 0.3 is 0 Å². The van der Waals surface area contributed by atoms with Crippen LogP contribution in [0.5, 0.6) is 0 Å². The third-order valence-corrected chi connectivity index (χ3v) is 1.14. The maximum Gasteiger partial charge on any atom is 0.0809 e. The molecule has 0 bridgehead atoms. The van der Waals surface area contributed by atoms with Gasteiger partial charge < -0.3 is 5.11 Å². The molecule has 7 heavy (non-hydrogen) atoms. The van der Waals surface area contributed by atoms with Gasteiger partial charge in [-0.15, -0.1) is 0 Å². The van der Waals surface area contributed by atoms with E-state index in [0.29, 0.717) is 0 Å². The molecule has 0 fully saturated rings. The highest BCUT2D eigenvalue weighted by Crippen LogP contribution is 2.01. The Hall–Kier alpha value is -0.370. The van der Waals surface area contributed by atoms with Gasteiger partial charge in [0, 0.05) is 12.3 Å². The van der Waals surface area contributed by atoms with E-state index >= 15 is 0 Å². The first-order chi connectivity index (χ1) is 3.43. The second kappa shape index (κ2) is 2.07. The van der Waals surface area contributed by atoms with E-state index in [1.807, 2.05) is 0 Å². The van der Waals surface area contributed by atoms with Crippen LogP contribution in [0.4, 0.5) is 0 Å². The van der Waals surface area contributed by atoms with E-state index in [9.17, 15) is 0 Å². The number of nitrogens with zero attached hydrogens (tertiary/aromatic N) is 1. The van der Waals surface area contributed by atoms with Crippen molar-refractivity contribution in [3.05, 3.63) is 0 Å². The summed E-state index contributed by atoms with van der Waals surface area (Å²) in [4.78, 5) is 4.02. The lowest BCUT2D eigenvalue weighted by Gasteiger charge is -1.85. The minimum Gasteiger partial charge on any atom is -0.390 e. The molecule has 0 saturated heterocycles. The number of aliphatic hydroxyl groups is 1. The molecule has 0 unspecified atom stereocenters. The molecule has 1 aliphatic heterocycles. The molecule has 1 N–H and O–H groups in total. The molecule has 0 aromatic rings. The molecule has 0 spiro atoms. The lowest BCUT2D eigenvalue weighted by atomic mass is 10.3.